The minimum Gasteiger partial charge on any atom is -0.385 e. The van der Waals surface area contributed by atoms with Gasteiger partial charge in [-0.3, -0.25) is 14.4 Å². The van der Waals surface area contributed by atoms with E-state index in [2.05, 4.69) is 5.32 Å². The molecule has 0 radical (unpaired) electrons. The number of Topliss-reactive ketones (excluding diaryl/α,β-unsaturated/α-hetero) is 1. The topological polar surface area (TPSA) is 86.7 Å². The fourth-order valence-corrected chi connectivity index (χ4v) is 2.58. The first-order valence-electron chi connectivity index (χ1n) is 11.5. The van der Waals surface area contributed by atoms with Crippen LogP contribution in [0.1, 0.15) is 52.6 Å². The molecule has 6 nitrogen and oxygen atoms in total. The molecule has 0 fully saturated rings. The van der Waals surface area contributed by atoms with Gasteiger partial charge in [-0.15, -0.1) is 0 Å². The first-order valence-corrected chi connectivity index (χ1v) is 8.50. The molecule has 1 aromatic carbocycles. The lowest BCUT2D eigenvalue weighted by Gasteiger charge is -2.24. The predicted octanol–water partition coefficient (Wildman–Crippen LogP) is 1.47. The van der Waals surface area contributed by atoms with Crippen LogP contribution in [-0.4, -0.2) is 47.3 Å². The molecule has 1 aromatic rings. The lowest BCUT2D eigenvalue weighted by Crippen LogP contribution is -2.43. The zero-order valence-electron chi connectivity index (χ0n) is 21.4. The third kappa shape index (κ3) is 4.49. The molecule has 1 aliphatic rings. The average Bonchev–Trinajstić information content (AvgIpc) is 2.80. The molecule has 2 N–H and O–H groups in total. The number of amides is 2. The van der Waals surface area contributed by atoms with E-state index in [1.165, 1.54) is 27.8 Å². The molecule has 0 saturated heterocycles. The number of ketones is 1. The Morgan fingerprint density at radius 1 is 1.42 bits per heavy atom. The molecule has 2 amide bonds. The number of carbonyl (C=O) groups is 3. The van der Waals surface area contributed by atoms with Gasteiger partial charge in [0.25, 0.3) is 0 Å². The summed E-state index contributed by atoms with van der Waals surface area (Å²) < 4.78 is 48.9. The summed E-state index contributed by atoms with van der Waals surface area (Å²) in [5, 5.41) is 12.3. The van der Waals surface area contributed by atoms with Gasteiger partial charge >= 0.3 is 0 Å². The van der Waals surface area contributed by atoms with Crippen LogP contribution in [-0.2, 0) is 20.8 Å². The minimum absolute atomic E-state index is 0.0630. The van der Waals surface area contributed by atoms with Crippen LogP contribution in [0.2, 0.25) is 0 Å². The normalized spacial score (nSPS) is 26.8. The average molecular weight is 366 g/mol. The van der Waals surface area contributed by atoms with E-state index in [0.29, 0.717) is 0 Å². The Balaban J connectivity index is 2.49. The monoisotopic (exact) mass is 366 g/mol. The van der Waals surface area contributed by atoms with Crippen molar-refractivity contribution >= 4 is 17.6 Å². The molecule has 2 rings (SSSR count). The summed E-state index contributed by atoms with van der Waals surface area (Å²) in [5.41, 5.74) is -0.267. The summed E-state index contributed by atoms with van der Waals surface area (Å²) in [6.45, 7) is 4.40. The van der Waals surface area contributed by atoms with Crippen molar-refractivity contribution in [3.05, 3.63) is 35.3 Å². The summed E-state index contributed by atoms with van der Waals surface area (Å²) >= 11 is 0. The Bertz CT molecular complexity index is 968. The first kappa shape index (κ1) is 13.0. The third-order valence-corrected chi connectivity index (χ3v) is 4.29. The van der Waals surface area contributed by atoms with Gasteiger partial charge in [-0.25, -0.2) is 0 Å². The molecule has 1 aliphatic heterocycles. The number of nitrogens with zero attached hydrogens (tertiary/aromatic N) is 1. The van der Waals surface area contributed by atoms with Crippen LogP contribution in [0.3, 0.4) is 0 Å². The second kappa shape index (κ2) is 8.45. The maximum Gasteiger partial charge on any atom is 0.249 e. The van der Waals surface area contributed by atoms with Crippen molar-refractivity contribution in [3.63, 3.8) is 0 Å². The van der Waals surface area contributed by atoms with Crippen molar-refractivity contribution in [2.24, 2.45) is 11.8 Å². The molecule has 6 heteroatoms. The number of likely N-dealkylation sites (N-methyl/N-ethyl adjacent to an activating group) is 1. The summed E-state index contributed by atoms with van der Waals surface area (Å²) in [7, 11) is 1.40. The fraction of sp³-hybridized carbons (Fsp3) is 0.550. The van der Waals surface area contributed by atoms with Gasteiger partial charge in [0.1, 0.15) is 12.1 Å². The smallest absolute Gasteiger partial charge is 0.249 e. The molecule has 0 bridgehead atoms. The van der Waals surface area contributed by atoms with E-state index in [1.54, 1.807) is 0 Å². The fourth-order valence-electron chi connectivity index (χ4n) is 2.58. The number of benzene rings is 1. The van der Waals surface area contributed by atoms with E-state index in [9.17, 15) is 19.5 Å². The van der Waals surface area contributed by atoms with Crippen LogP contribution in [0.4, 0.5) is 0 Å². The largest absolute Gasteiger partial charge is 0.385 e. The zero-order chi connectivity index (χ0) is 24.8. The van der Waals surface area contributed by atoms with Crippen molar-refractivity contribution in [1.29, 1.82) is 0 Å². The molecule has 3 atom stereocenters. The Hall–Kier alpha value is -2.21. The van der Waals surface area contributed by atoms with Crippen molar-refractivity contribution in [1.82, 2.24) is 10.2 Å². The molecule has 0 saturated carbocycles. The number of carbonyl (C=O) groups excluding carboxylic acids is 3. The summed E-state index contributed by atoms with van der Waals surface area (Å²) in [6, 6.07) is -4.64. The van der Waals surface area contributed by atoms with Crippen LogP contribution in [0.5, 0.6) is 0 Å². The van der Waals surface area contributed by atoms with Gasteiger partial charge < -0.3 is 15.3 Å². The number of fused-ring (bicyclic) bond motifs is 1. The van der Waals surface area contributed by atoms with Gasteiger partial charge in [0.05, 0.1) is 8.22 Å². The second-order valence-electron chi connectivity index (χ2n) is 6.76. The Morgan fingerprint density at radius 3 is 2.73 bits per heavy atom. The van der Waals surface area contributed by atoms with Crippen LogP contribution in [0.15, 0.2) is 24.2 Å². The van der Waals surface area contributed by atoms with Gasteiger partial charge in [-0.1, -0.05) is 44.9 Å². The summed E-state index contributed by atoms with van der Waals surface area (Å²) in [6.07, 6.45) is -2.83. The van der Waals surface area contributed by atoms with Crippen LogP contribution >= 0.6 is 0 Å². The second-order valence-corrected chi connectivity index (χ2v) is 6.76. The number of aliphatic hydroxyl groups is 1. The van der Waals surface area contributed by atoms with Crippen molar-refractivity contribution in [2.75, 3.05) is 13.6 Å². The molecular weight excluding hydrogens is 332 g/mol. The lowest BCUT2D eigenvalue weighted by molar-refractivity contribution is -0.137. The highest BCUT2D eigenvalue weighted by atomic mass is 16.3. The molecule has 0 aliphatic carbocycles. The molecule has 1 heterocycles. The number of hydrogen-bond donors (Lipinski definition) is 2. The van der Waals surface area contributed by atoms with Gasteiger partial charge in [0.15, 0.2) is 5.78 Å². The molecule has 142 valence electrons. The zero-order valence-corrected chi connectivity index (χ0v) is 15.4. The molecule has 0 spiro atoms. The Labute approximate surface area is 163 Å². The molecule has 26 heavy (non-hydrogen) atoms. The van der Waals surface area contributed by atoms with E-state index >= 15 is 0 Å². The third-order valence-electron chi connectivity index (χ3n) is 4.29. The first-order chi connectivity index (χ1) is 14.6. The highest BCUT2D eigenvalue weighted by Gasteiger charge is 2.32. The van der Waals surface area contributed by atoms with Crippen molar-refractivity contribution < 1.29 is 27.7 Å². The van der Waals surface area contributed by atoms with E-state index in [-0.39, 0.29) is 30.1 Å². The quantitative estimate of drug-likeness (QED) is 0.798. The SMILES string of the molecule is [2H]c1c([2H])c([2H])c2c(c1[2H])CCN(C)C(=O)[C@@]2([2H])NC(=O)[C@H](C)CC(=O)[C@@]([2H])(O)C(C)C. The number of rotatable bonds is 6. The highest BCUT2D eigenvalue weighted by Crippen LogP contribution is 2.25. The van der Waals surface area contributed by atoms with Crippen molar-refractivity contribution in [2.45, 2.75) is 45.7 Å². The van der Waals surface area contributed by atoms with Gasteiger partial charge in [-0.05, 0) is 23.5 Å². The van der Waals surface area contributed by atoms with E-state index in [1.807, 2.05) is 0 Å². The van der Waals surface area contributed by atoms with E-state index in [4.69, 9.17) is 8.22 Å². The lowest BCUT2D eigenvalue weighted by atomic mass is 9.94. The van der Waals surface area contributed by atoms with Crippen molar-refractivity contribution in [3.8, 4) is 0 Å². The van der Waals surface area contributed by atoms with Crippen LogP contribution in [0, 0.1) is 11.8 Å². The molecular formula is C20H28N2O4. The predicted molar refractivity (Wildman–Crippen MR) is 98.3 cm³/mol. The van der Waals surface area contributed by atoms with Gasteiger partial charge in [0, 0.05) is 25.9 Å². The molecule has 0 unspecified atom stereocenters. The number of nitrogens with one attached hydrogen (secondary N) is 1. The highest BCUT2D eigenvalue weighted by molar-refractivity contribution is 5.92. The summed E-state index contributed by atoms with van der Waals surface area (Å²) in [4.78, 5) is 39.4. The van der Waals surface area contributed by atoms with Gasteiger partial charge in [-0.2, -0.15) is 0 Å². The number of hydrogen-bond acceptors (Lipinski definition) is 4. The van der Waals surface area contributed by atoms with E-state index in [0.717, 1.165) is 4.90 Å². The van der Waals surface area contributed by atoms with E-state index < -0.39 is 66.1 Å². The molecule has 0 aromatic heterocycles. The van der Waals surface area contributed by atoms with Gasteiger partial charge in [0.2, 0.25) is 11.8 Å². The summed E-state index contributed by atoms with van der Waals surface area (Å²) in [5.74, 6) is -4.49. The van der Waals surface area contributed by atoms with Crippen LogP contribution < -0.4 is 5.32 Å². The Kier molecular flexibility index (Phi) is 4.23. The Morgan fingerprint density at radius 2 is 2.08 bits per heavy atom. The standard InChI is InChI=1S/C20H28N2O4/c1-12(2)18(24)16(23)11-13(3)19(25)21-17-15-8-6-5-7-14(15)9-10-22(4)20(17)26/h5-8,12-13,17-18,24H,9-11H2,1-4H3,(H,21,25)/t13-,17+,18+/m1/s1/i5D,6D,7D,8D,17D,18D. The maximum atomic E-state index is 13.1. The van der Waals surface area contributed by atoms with Crippen LogP contribution in [0.25, 0.3) is 0 Å². The minimum atomic E-state index is -2.54. The maximum absolute atomic E-state index is 13.1.